The normalized spacial score (nSPS) is 23.8. The van der Waals surface area contributed by atoms with Crippen molar-refractivity contribution in [3.05, 3.63) is 35.6 Å². The van der Waals surface area contributed by atoms with E-state index in [1.807, 2.05) is 24.0 Å². The summed E-state index contributed by atoms with van der Waals surface area (Å²) in [5, 5.41) is 6.82. The second-order valence-electron chi connectivity index (χ2n) is 7.05. The molecule has 3 rings (SSSR count). The van der Waals surface area contributed by atoms with E-state index < -0.39 is 6.43 Å². The van der Waals surface area contributed by atoms with E-state index in [4.69, 9.17) is 0 Å². The van der Waals surface area contributed by atoms with Gasteiger partial charge in [-0.25, -0.2) is 13.2 Å². The van der Waals surface area contributed by atoms with Crippen LogP contribution in [-0.4, -0.2) is 55.5 Å². The van der Waals surface area contributed by atoms with Gasteiger partial charge in [0.15, 0.2) is 5.96 Å². The standard InChI is InChI=1S/C19H27F3N4.HI/c1-2-23-19(24-13-7-9-26(10-8-13)12-18(21)22)25-17-11-15(17)14-5-3-4-6-16(14)20;/h3-6,13,15,17-18H,2,7-12H2,1H3,(H2,23,24,25);1H. The van der Waals surface area contributed by atoms with E-state index in [-0.39, 0.29) is 54.3 Å². The lowest BCUT2D eigenvalue weighted by Gasteiger charge is -2.32. The van der Waals surface area contributed by atoms with Gasteiger partial charge in [0.1, 0.15) is 5.82 Å². The van der Waals surface area contributed by atoms with Crippen LogP contribution in [0.1, 0.15) is 37.7 Å². The van der Waals surface area contributed by atoms with Crippen LogP contribution in [0.15, 0.2) is 29.3 Å². The lowest BCUT2D eigenvalue weighted by Crippen LogP contribution is -2.50. The number of benzene rings is 1. The highest BCUT2D eigenvalue weighted by Crippen LogP contribution is 2.41. The van der Waals surface area contributed by atoms with Gasteiger partial charge in [-0.2, -0.15) is 0 Å². The topological polar surface area (TPSA) is 39.7 Å². The summed E-state index contributed by atoms with van der Waals surface area (Å²) >= 11 is 0. The summed E-state index contributed by atoms with van der Waals surface area (Å²) in [6.45, 7) is 3.81. The van der Waals surface area contributed by atoms with Crippen molar-refractivity contribution in [2.45, 2.75) is 50.6 Å². The van der Waals surface area contributed by atoms with E-state index in [1.165, 1.54) is 6.07 Å². The first kappa shape index (κ1) is 22.3. The van der Waals surface area contributed by atoms with Crippen molar-refractivity contribution in [1.29, 1.82) is 0 Å². The lowest BCUT2D eigenvalue weighted by atomic mass is 10.1. The third-order valence-electron chi connectivity index (χ3n) is 5.06. The Morgan fingerprint density at radius 2 is 1.93 bits per heavy atom. The van der Waals surface area contributed by atoms with E-state index >= 15 is 0 Å². The van der Waals surface area contributed by atoms with E-state index in [0.29, 0.717) is 19.6 Å². The van der Waals surface area contributed by atoms with Crippen LogP contribution in [0.2, 0.25) is 0 Å². The molecule has 1 aromatic carbocycles. The van der Waals surface area contributed by atoms with Crippen LogP contribution in [0.3, 0.4) is 0 Å². The highest BCUT2D eigenvalue weighted by Gasteiger charge is 2.40. The number of rotatable bonds is 6. The molecule has 27 heavy (non-hydrogen) atoms. The number of guanidine groups is 1. The molecular weight excluding hydrogens is 468 g/mol. The lowest BCUT2D eigenvalue weighted by molar-refractivity contribution is 0.0744. The average molecular weight is 496 g/mol. The minimum atomic E-state index is -2.27. The molecule has 2 unspecified atom stereocenters. The fraction of sp³-hybridized carbons (Fsp3) is 0.632. The SMILES string of the molecule is CCN=C(NC1CCN(CC(F)F)CC1)NC1CC1c1ccccc1F.I. The molecule has 1 heterocycles. The van der Waals surface area contributed by atoms with Crippen LogP contribution in [-0.2, 0) is 0 Å². The minimum absolute atomic E-state index is 0. The third kappa shape index (κ3) is 6.51. The Morgan fingerprint density at radius 1 is 1.22 bits per heavy atom. The summed E-state index contributed by atoms with van der Waals surface area (Å²) in [5.74, 6) is 0.756. The fourth-order valence-corrected chi connectivity index (χ4v) is 3.59. The van der Waals surface area contributed by atoms with Gasteiger partial charge in [0.25, 0.3) is 6.43 Å². The summed E-state index contributed by atoms with van der Waals surface area (Å²) in [7, 11) is 0. The molecule has 1 aliphatic heterocycles. The van der Waals surface area contributed by atoms with Crippen LogP contribution < -0.4 is 10.6 Å². The van der Waals surface area contributed by atoms with E-state index in [9.17, 15) is 13.2 Å². The molecule has 2 N–H and O–H groups in total. The predicted molar refractivity (Wildman–Crippen MR) is 113 cm³/mol. The molecule has 2 fully saturated rings. The molecule has 1 saturated heterocycles. The summed E-state index contributed by atoms with van der Waals surface area (Å²) in [4.78, 5) is 6.29. The highest BCUT2D eigenvalue weighted by atomic mass is 127. The number of nitrogens with one attached hydrogen (secondary N) is 2. The van der Waals surface area contributed by atoms with Crippen molar-refractivity contribution in [1.82, 2.24) is 15.5 Å². The molecule has 0 bridgehead atoms. The number of aliphatic imine (C=N–C) groups is 1. The first-order valence-corrected chi connectivity index (χ1v) is 9.39. The molecule has 8 heteroatoms. The van der Waals surface area contributed by atoms with Crippen molar-refractivity contribution < 1.29 is 13.2 Å². The van der Waals surface area contributed by atoms with Gasteiger partial charge in [-0.05, 0) is 37.8 Å². The van der Waals surface area contributed by atoms with Crippen molar-refractivity contribution in [3.63, 3.8) is 0 Å². The molecule has 152 valence electrons. The Labute approximate surface area is 176 Å². The van der Waals surface area contributed by atoms with Gasteiger partial charge < -0.3 is 10.6 Å². The average Bonchev–Trinajstić information content (AvgIpc) is 3.35. The molecule has 0 amide bonds. The van der Waals surface area contributed by atoms with Gasteiger partial charge in [0.2, 0.25) is 0 Å². The quantitative estimate of drug-likeness (QED) is 0.360. The third-order valence-corrected chi connectivity index (χ3v) is 5.06. The molecule has 4 nitrogen and oxygen atoms in total. The Bertz CT molecular complexity index is 621. The number of hydrogen-bond acceptors (Lipinski definition) is 2. The van der Waals surface area contributed by atoms with Gasteiger partial charge in [0.05, 0.1) is 6.54 Å². The Balaban J connectivity index is 0.00000261. The highest BCUT2D eigenvalue weighted by molar-refractivity contribution is 14.0. The number of halogens is 4. The monoisotopic (exact) mass is 496 g/mol. The van der Waals surface area contributed by atoms with Crippen LogP contribution >= 0.6 is 24.0 Å². The summed E-state index contributed by atoms with van der Waals surface area (Å²) in [6.07, 6.45) is 0.249. The van der Waals surface area contributed by atoms with Gasteiger partial charge in [-0.15, -0.1) is 24.0 Å². The number of hydrogen-bond donors (Lipinski definition) is 2. The van der Waals surface area contributed by atoms with Crippen molar-refractivity contribution in [2.24, 2.45) is 4.99 Å². The molecular formula is C19H28F3IN4. The fourth-order valence-electron chi connectivity index (χ4n) is 3.59. The first-order chi connectivity index (χ1) is 12.6. The molecule has 0 aromatic heterocycles. The van der Waals surface area contributed by atoms with Crippen LogP contribution in [0, 0.1) is 5.82 Å². The number of alkyl halides is 2. The van der Waals surface area contributed by atoms with Crippen molar-refractivity contribution in [3.8, 4) is 0 Å². The Hall–Kier alpha value is -1.03. The summed E-state index contributed by atoms with van der Waals surface area (Å²) < 4.78 is 38.8. The zero-order valence-electron chi connectivity index (χ0n) is 15.5. The first-order valence-electron chi connectivity index (χ1n) is 9.39. The molecule has 1 aliphatic carbocycles. The Morgan fingerprint density at radius 3 is 2.56 bits per heavy atom. The van der Waals surface area contributed by atoms with E-state index in [1.54, 1.807) is 6.07 Å². The second kappa shape index (κ2) is 10.5. The van der Waals surface area contributed by atoms with Crippen molar-refractivity contribution in [2.75, 3.05) is 26.2 Å². The molecule has 2 atom stereocenters. The maximum Gasteiger partial charge on any atom is 0.251 e. The van der Waals surface area contributed by atoms with E-state index in [2.05, 4.69) is 15.6 Å². The largest absolute Gasteiger partial charge is 0.354 e. The Kier molecular flexibility index (Phi) is 8.65. The van der Waals surface area contributed by atoms with Crippen LogP contribution in [0.5, 0.6) is 0 Å². The predicted octanol–water partition coefficient (Wildman–Crippen LogP) is 3.58. The van der Waals surface area contributed by atoms with Gasteiger partial charge in [0, 0.05) is 37.6 Å². The van der Waals surface area contributed by atoms with Gasteiger partial charge in [-0.3, -0.25) is 9.89 Å². The summed E-state index contributed by atoms with van der Waals surface area (Å²) in [5.41, 5.74) is 0.751. The smallest absolute Gasteiger partial charge is 0.251 e. The van der Waals surface area contributed by atoms with Crippen molar-refractivity contribution >= 4 is 29.9 Å². The van der Waals surface area contributed by atoms with Gasteiger partial charge in [-0.1, -0.05) is 18.2 Å². The maximum absolute atomic E-state index is 13.9. The molecule has 1 saturated carbocycles. The van der Waals surface area contributed by atoms with Gasteiger partial charge >= 0.3 is 0 Å². The molecule has 0 radical (unpaired) electrons. The zero-order chi connectivity index (χ0) is 18.5. The minimum Gasteiger partial charge on any atom is -0.354 e. The second-order valence-corrected chi connectivity index (χ2v) is 7.05. The maximum atomic E-state index is 13.9. The molecule has 1 aromatic rings. The summed E-state index contributed by atoms with van der Waals surface area (Å²) in [6, 6.07) is 7.31. The van der Waals surface area contributed by atoms with Crippen LogP contribution in [0.4, 0.5) is 13.2 Å². The number of piperidine rings is 1. The number of likely N-dealkylation sites (tertiary alicyclic amines) is 1. The van der Waals surface area contributed by atoms with Crippen LogP contribution in [0.25, 0.3) is 0 Å². The molecule has 0 spiro atoms. The van der Waals surface area contributed by atoms with E-state index in [0.717, 1.165) is 30.8 Å². The zero-order valence-corrected chi connectivity index (χ0v) is 17.8. The number of nitrogens with zero attached hydrogens (tertiary/aromatic N) is 2. The molecule has 2 aliphatic rings.